The van der Waals surface area contributed by atoms with Crippen LogP contribution in [-0.4, -0.2) is 50.8 Å². The third-order valence-electron chi connectivity index (χ3n) is 2.30. The first-order valence-electron chi connectivity index (χ1n) is 5.05. The third kappa shape index (κ3) is 4.06. The van der Waals surface area contributed by atoms with E-state index in [4.69, 9.17) is 5.73 Å². The molecule has 0 aromatic rings. The van der Waals surface area contributed by atoms with Crippen LogP contribution in [0.15, 0.2) is 0 Å². The van der Waals surface area contributed by atoms with Crippen LogP contribution in [0.3, 0.4) is 0 Å². The van der Waals surface area contributed by atoms with E-state index in [1.54, 1.807) is 0 Å². The predicted molar refractivity (Wildman–Crippen MR) is 62.7 cm³/mol. The summed E-state index contributed by atoms with van der Waals surface area (Å²) in [7, 11) is -0.251. The Morgan fingerprint density at radius 1 is 1.27 bits per heavy atom. The van der Waals surface area contributed by atoms with Gasteiger partial charge in [-0.3, -0.25) is 0 Å². The quantitative estimate of drug-likeness (QED) is 0.712. The predicted octanol–water partition coefficient (Wildman–Crippen LogP) is 0.0996. The lowest BCUT2D eigenvalue weighted by atomic mass is 9.94. The van der Waals surface area contributed by atoms with Gasteiger partial charge >= 0.3 is 0 Å². The largest absolute Gasteiger partial charge is 0.330 e. The van der Waals surface area contributed by atoms with E-state index in [0.29, 0.717) is 19.6 Å². The van der Waals surface area contributed by atoms with E-state index in [9.17, 15) is 8.42 Å². The molecule has 0 radical (unpaired) electrons. The van der Waals surface area contributed by atoms with Crippen LogP contribution in [-0.2, 0) is 10.2 Å². The van der Waals surface area contributed by atoms with Crippen LogP contribution < -0.4 is 5.73 Å². The summed E-state index contributed by atoms with van der Waals surface area (Å²) in [6.07, 6.45) is 0. The van der Waals surface area contributed by atoms with Crippen molar-refractivity contribution in [3.05, 3.63) is 0 Å². The summed E-state index contributed by atoms with van der Waals surface area (Å²) in [5.41, 5.74) is 5.40. The van der Waals surface area contributed by atoms with Crippen LogP contribution in [0.1, 0.15) is 20.8 Å². The van der Waals surface area contributed by atoms with Crippen molar-refractivity contribution in [1.29, 1.82) is 0 Å². The van der Waals surface area contributed by atoms with Crippen molar-refractivity contribution in [2.75, 3.05) is 33.7 Å². The highest BCUT2D eigenvalue weighted by atomic mass is 32.2. The maximum absolute atomic E-state index is 11.9. The molecule has 0 heterocycles. The summed E-state index contributed by atoms with van der Waals surface area (Å²) in [5, 5.41) is 0. The van der Waals surface area contributed by atoms with Crippen molar-refractivity contribution < 1.29 is 8.42 Å². The van der Waals surface area contributed by atoms with Crippen LogP contribution in [0.2, 0.25) is 0 Å². The fourth-order valence-electron chi connectivity index (χ4n) is 1.13. The van der Waals surface area contributed by atoms with Crippen molar-refractivity contribution in [2.24, 2.45) is 11.1 Å². The molecule has 0 atom stereocenters. The molecule has 0 amide bonds. The minimum Gasteiger partial charge on any atom is -0.330 e. The second-order valence-corrected chi connectivity index (χ2v) is 6.73. The van der Waals surface area contributed by atoms with E-state index in [2.05, 4.69) is 0 Å². The van der Waals surface area contributed by atoms with Crippen molar-refractivity contribution >= 4 is 10.2 Å². The average molecular weight is 237 g/mol. The molecule has 0 aromatic carbocycles. The average Bonchev–Trinajstić information content (AvgIpc) is 2.13. The van der Waals surface area contributed by atoms with E-state index in [1.165, 1.54) is 22.7 Å². The Morgan fingerprint density at radius 3 is 2.00 bits per heavy atom. The van der Waals surface area contributed by atoms with Crippen molar-refractivity contribution in [1.82, 2.24) is 8.61 Å². The van der Waals surface area contributed by atoms with Gasteiger partial charge < -0.3 is 5.73 Å². The Balaban J connectivity index is 4.81. The Hall–Kier alpha value is -0.170. The first kappa shape index (κ1) is 14.8. The van der Waals surface area contributed by atoms with Crippen LogP contribution in [0.5, 0.6) is 0 Å². The molecule has 15 heavy (non-hydrogen) atoms. The highest BCUT2D eigenvalue weighted by molar-refractivity contribution is 7.86. The molecule has 92 valence electrons. The molecule has 0 fully saturated rings. The first-order chi connectivity index (χ1) is 6.67. The Bertz CT molecular complexity index is 286. The lowest BCUT2D eigenvalue weighted by Crippen LogP contribution is -2.46. The van der Waals surface area contributed by atoms with Crippen LogP contribution in [0.25, 0.3) is 0 Å². The number of nitrogens with two attached hydrogens (primary N) is 1. The molecule has 0 unspecified atom stereocenters. The maximum Gasteiger partial charge on any atom is 0.281 e. The van der Waals surface area contributed by atoms with Gasteiger partial charge in [-0.1, -0.05) is 20.8 Å². The molecule has 0 aliphatic rings. The molecule has 2 N–H and O–H groups in total. The lowest BCUT2D eigenvalue weighted by molar-refractivity contribution is 0.263. The standard InChI is InChI=1S/C9H23N3O2S/c1-6-12(8-9(2,3)7-10)15(13,14)11(4)5/h6-8,10H2,1-5H3. The highest BCUT2D eigenvalue weighted by Crippen LogP contribution is 2.17. The number of nitrogens with zero attached hydrogens (tertiary/aromatic N) is 2. The van der Waals surface area contributed by atoms with Gasteiger partial charge in [0, 0.05) is 27.2 Å². The van der Waals surface area contributed by atoms with Gasteiger partial charge in [-0.15, -0.1) is 0 Å². The molecule has 0 aliphatic heterocycles. The highest BCUT2D eigenvalue weighted by Gasteiger charge is 2.28. The zero-order valence-electron chi connectivity index (χ0n) is 10.3. The first-order valence-corrected chi connectivity index (χ1v) is 6.44. The molecular formula is C9H23N3O2S. The van der Waals surface area contributed by atoms with E-state index < -0.39 is 10.2 Å². The molecule has 0 aliphatic carbocycles. The Morgan fingerprint density at radius 2 is 1.73 bits per heavy atom. The lowest BCUT2D eigenvalue weighted by Gasteiger charge is -2.31. The molecule has 0 saturated carbocycles. The number of hydrogen-bond donors (Lipinski definition) is 1. The fourth-order valence-corrected chi connectivity index (χ4v) is 2.43. The summed E-state index contributed by atoms with van der Waals surface area (Å²) in [5.74, 6) is 0. The summed E-state index contributed by atoms with van der Waals surface area (Å²) < 4.78 is 26.4. The van der Waals surface area contributed by atoms with Crippen LogP contribution in [0, 0.1) is 5.41 Å². The van der Waals surface area contributed by atoms with Crippen LogP contribution in [0.4, 0.5) is 0 Å². The second-order valence-electron chi connectivity index (χ2n) is 4.58. The van der Waals surface area contributed by atoms with Gasteiger partial charge in [0.15, 0.2) is 0 Å². The Labute approximate surface area is 93.4 Å². The fraction of sp³-hybridized carbons (Fsp3) is 1.00. The van der Waals surface area contributed by atoms with Gasteiger partial charge in [0.05, 0.1) is 0 Å². The normalized spacial score (nSPS) is 13.9. The molecule has 5 nitrogen and oxygen atoms in total. The zero-order chi connectivity index (χ0) is 12.3. The monoisotopic (exact) mass is 237 g/mol. The van der Waals surface area contributed by atoms with Crippen molar-refractivity contribution in [3.8, 4) is 0 Å². The maximum atomic E-state index is 11.9. The molecular weight excluding hydrogens is 214 g/mol. The minimum atomic E-state index is -3.32. The molecule has 6 heteroatoms. The summed E-state index contributed by atoms with van der Waals surface area (Å²) in [4.78, 5) is 0. The molecule has 0 saturated heterocycles. The summed E-state index contributed by atoms with van der Waals surface area (Å²) >= 11 is 0. The molecule has 0 spiro atoms. The van der Waals surface area contributed by atoms with E-state index >= 15 is 0 Å². The number of hydrogen-bond acceptors (Lipinski definition) is 3. The van der Waals surface area contributed by atoms with Gasteiger partial charge in [0.2, 0.25) is 0 Å². The molecule has 0 rings (SSSR count). The SMILES string of the molecule is CCN(CC(C)(C)CN)S(=O)(=O)N(C)C. The smallest absolute Gasteiger partial charge is 0.281 e. The molecule has 0 aromatic heterocycles. The van der Waals surface area contributed by atoms with Crippen LogP contribution >= 0.6 is 0 Å². The van der Waals surface area contributed by atoms with Crippen molar-refractivity contribution in [2.45, 2.75) is 20.8 Å². The van der Waals surface area contributed by atoms with E-state index in [0.717, 1.165) is 0 Å². The topological polar surface area (TPSA) is 66.6 Å². The van der Waals surface area contributed by atoms with Gasteiger partial charge in [0.1, 0.15) is 0 Å². The second kappa shape index (κ2) is 5.25. The van der Waals surface area contributed by atoms with Gasteiger partial charge in [-0.05, 0) is 12.0 Å². The minimum absolute atomic E-state index is 0.195. The van der Waals surface area contributed by atoms with E-state index in [1.807, 2.05) is 20.8 Å². The van der Waals surface area contributed by atoms with Crippen molar-refractivity contribution in [3.63, 3.8) is 0 Å². The number of rotatable bonds is 6. The Kier molecular flexibility index (Phi) is 5.19. The van der Waals surface area contributed by atoms with Gasteiger partial charge in [0.25, 0.3) is 10.2 Å². The summed E-state index contributed by atoms with van der Waals surface area (Å²) in [6.45, 7) is 7.12. The third-order valence-corrected chi connectivity index (χ3v) is 4.26. The summed E-state index contributed by atoms with van der Waals surface area (Å²) in [6, 6.07) is 0. The zero-order valence-corrected chi connectivity index (χ0v) is 11.1. The molecule has 0 bridgehead atoms. The van der Waals surface area contributed by atoms with Gasteiger partial charge in [-0.2, -0.15) is 17.0 Å². The van der Waals surface area contributed by atoms with Gasteiger partial charge in [-0.25, -0.2) is 0 Å². The van der Waals surface area contributed by atoms with E-state index in [-0.39, 0.29) is 5.41 Å².